The monoisotopic (exact) mass is 348 g/mol. The molecule has 0 saturated carbocycles. The molecule has 136 valence electrons. The SMILES string of the molecule is O=C(CN1CCCC(C(=O)O)C1)NCc1ccc2c(c1F)CCCC2. The number of nitrogens with zero attached hydrogens (tertiary/aromatic N) is 1. The molecular weight excluding hydrogens is 323 g/mol. The van der Waals surface area contributed by atoms with Crippen LogP contribution in [0.5, 0.6) is 0 Å². The molecule has 1 fully saturated rings. The quantitative estimate of drug-likeness (QED) is 0.855. The Morgan fingerprint density at radius 3 is 2.84 bits per heavy atom. The van der Waals surface area contributed by atoms with Crippen molar-refractivity contribution in [3.8, 4) is 0 Å². The predicted molar refractivity (Wildman–Crippen MR) is 91.7 cm³/mol. The van der Waals surface area contributed by atoms with Gasteiger partial charge in [0.05, 0.1) is 12.5 Å². The van der Waals surface area contributed by atoms with E-state index in [0.29, 0.717) is 18.5 Å². The summed E-state index contributed by atoms with van der Waals surface area (Å²) >= 11 is 0. The van der Waals surface area contributed by atoms with Crippen molar-refractivity contribution in [2.75, 3.05) is 19.6 Å². The number of halogens is 1. The number of carboxylic acids is 1. The molecule has 1 amide bonds. The molecule has 3 rings (SSSR count). The molecule has 1 atom stereocenters. The van der Waals surface area contributed by atoms with Crippen molar-refractivity contribution >= 4 is 11.9 Å². The lowest BCUT2D eigenvalue weighted by Gasteiger charge is -2.29. The Morgan fingerprint density at radius 2 is 2.04 bits per heavy atom. The number of carbonyl (C=O) groups excluding carboxylic acids is 1. The second kappa shape index (κ2) is 7.95. The van der Waals surface area contributed by atoms with Crippen molar-refractivity contribution in [1.29, 1.82) is 0 Å². The third kappa shape index (κ3) is 4.37. The van der Waals surface area contributed by atoms with Gasteiger partial charge in [-0.1, -0.05) is 12.1 Å². The molecule has 0 aromatic heterocycles. The zero-order chi connectivity index (χ0) is 17.8. The van der Waals surface area contributed by atoms with Gasteiger partial charge in [0.15, 0.2) is 0 Å². The normalized spacial score (nSPS) is 20.8. The highest BCUT2D eigenvalue weighted by atomic mass is 19.1. The Labute approximate surface area is 147 Å². The van der Waals surface area contributed by atoms with Crippen molar-refractivity contribution in [3.63, 3.8) is 0 Å². The number of rotatable bonds is 5. The van der Waals surface area contributed by atoms with Crippen LogP contribution in [0.1, 0.15) is 42.4 Å². The maximum absolute atomic E-state index is 14.6. The molecule has 6 heteroatoms. The van der Waals surface area contributed by atoms with E-state index in [0.717, 1.165) is 49.8 Å². The molecule has 5 nitrogen and oxygen atoms in total. The van der Waals surface area contributed by atoms with E-state index in [1.807, 2.05) is 11.0 Å². The lowest BCUT2D eigenvalue weighted by Crippen LogP contribution is -2.44. The van der Waals surface area contributed by atoms with Crippen molar-refractivity contribution in [1.82, 2.24) is 10.2 Å². The summed E-state index contributed by atoms with van der Waals surface area (Å²) in [6.45, 7) is 1.46. The molecule has 0 bridgehead atoms. The van der Waals surface area contributed by atoms with E-state index in [-0.39, 0.29) is 24.8 Å². The molecule has 0 radical (unpaired) electrons. The van der Waals surface area contributed by atoms with E-state index in [1.165, 1.54) is 0 Å². The molecule has 2 aliphatic rings. The summed E-state index contributed by atoms with van der Waals surface area (Å²) < 4.78 is 14.6. The number of aryl methyl sites for hydroxylation is 1. The average Bonchev–Trinajstić information content (AvgIpc) is 2.61. The Bertz CT molecular complexity index is 662. The first-order chi connectivity index (χ1) is 12.0. The van der Waals surface area contributed by atoms with Crippen LogP contribution >= 0.6 is 0 Å². The minimum absolute atomic E-state index is 0.163. The third-order valence-electron chi connectivity index (χ3n) is 5.24. The van der Waals surface area contributed by atoms with Gasteiger partial charge in [-0.3, -0.25) is 14.5 Å². The standard InChI is InChI=1S/C19H25FN2O3/c20-18-14(8-7-13-4-1-2-6-16(13)18)10-21-17(23)12-22-9-3-5-15(11-22)19(24)25/h7-8,15H,1-6,9-12H2,(H,21,23)(H,24,25). The molecule has 0 spiro atoms. The van der Waals surface area contributed by atoms with Crippen LogP contribution < -0.4 is 5.32 Å². The van der Waals surface area contributed by atoms with E-state index >= 15 is 0 Å². The maximum Gasteiger partial charge on any atom is 0.307 e. The van der Waals surface area contributed by atoms with E-state index in [4.69, 9.17) is 5.11 Å². The number of hydrogen-bond donors (Lipinski definition) is 2. The van der Waals surface area contributed by atoms with E-state index in [9.17, 15) is 14.0 Å². The van der Waals surface area contributed by atoms with Crippen LogP contribution in [0.4, 0.5) is 4.39 Å². The minimum Gasteiger partial charge on any atom is -0.481 e. The minimum atomic E-state index is -0.804. The van der Waals surface area contributed by atoms with Gasteiger partial charge >= 0.3 is 5.97 Å². The van der Waals surface area contributed by atoms with Gasteiger partial charge in [-0.25, -0.2) is 4.39 Å². The van der Waals surface area contributed by atoms with Crippen LogP contribution in [0.15, 0.2) is 12.1 Å². The second-order valence-electron chi connectivity index (χ2n) is 7.07. The van der Waals surface area contributed by atoms with Gasteiger partial charge in [0.2, 0.25) is 5.91 Å². The van der Waals surface area contributed by atoms with Crippen molar-refractivity contribution in [3.05, 3.63) is 34.6 Å². The third-order valence-corrected chi connectivity index (χ3v) is 5.24. The number of benzene rings is 1. The highest BCUT2D eigenvalue weighted by molar-refractivity contribution is 5.78. The molecule has 1 aliphatic heterocycles. The van der Waals surface area contributed by atoms with Crippen LogP contribution in [0.3, 0.4) is 0 Å². The summed E-state index contributed by atoms with van der Waals surface area (Å²) in [5.41, 5.74) is 2.42. The number of hydrogen-bond acceptors (Lipinski definition) is 3. The highest BCUT2D eigenvalue weighted by Gasteiger charge is 2.26. The topological polar surface area (TPSA) is 69.6 Å². The molecule has 2 N–H and O–H groups in total. The Balaban J connectivity index is 1.53. The number of fused-ring (bicyclic) bond motifs is 1. The van der Waals surface area contributed by atoms with Crippen LogP contribution in [0, 0.1) is 11.7 Å². The number of aliphatic carboxylic acids is 1. The van der Waals surface area contributed by atoms with Gasteiger partial charge in [0.1, 0.15) is 5.82 Å². The van der Waals surface area contributed by atoms with Crippen LogP contribution in [-0.4, -0.2) is 41.5 Å². The lowest BCUT2D eigenvalue weighted by atomic mass is 9.90. The summed E-state index contributed by atoms with van der Waals surface area (Å²) in [6.07, 6.45) is 5.26. The first kappa shape index (κ1) is 17.9. The van der Waals surface area contributed by atoms with Crippen molar-refractivity contribution in [2.45, 2.75) is 45.1 Å². The fourth-order valence-electron chi connectivity index (χ4n) is 3.82. The molecule has 25 heavy (non-hydrogen) atoms. The zero-order valence-electron chi connectivity index (χ0n) is 14.4. The number of carbonyl (C=O) groups is 2. The number of carboxylic acid groups (broad SMARTS) is 1. The summed E-state index contributed by atoms with van der Waals surface area (Å²) in [6, 6.07) is 3.74. The van der Waals surface area contributed by atoms with Gasteiger partial charge in [-0.05, 0) is 56.2 Å². The Kier molecular flexibility index (Phi) is 5.68. The molecular formula is C19H25FN2O3. The zero-order valence-corrected chi connectivity index (χ0v) is 14.4. The molecule has 1 aromatic rings. The number of piperidine rings is 1. The smallest absolute Gasteiger partial charge is 0.307 e. The molecule has 1 aliphatic carbocycles. The number of nitrogens with one attached hydrogen (secondary N) is 1. The average molecular weight is 348 g/mol. The summed E-state index contributed by atoms with van der Waals surface area (Å²) in [5, 5.41) is 11.9. The van der Waals surface area contributed by atoms with Gasteiger partial charge in [0, 0.05) is 18.7 Å². The Hall–Kier alpha value is -1.95. The molecule has 1 heterocycles. The van der Waals surface area contributed by atoms with Crippen LogP contribution in [0.25, 0.3) is 0 Å². The summed E-state index contributed by atoms with van der Waals surface area (Å²) in [4.78, 5) is 25.1. The van der Waals surface area contributed by atoms with Crippen molar-refractivity contribution < 1.29 is 19.1 Å². The van der Waals surface area contributed by atoms with E-state index < -0.39 is 11.9 Å². The largest absolute Gasteiger partial charge is 0.481 e. The molecule has 1 saturated heterocycles. The molecule has 1 aromatic carbocycles. The fraction of sp³-hybridized carbons (Fsp3) is 0.579. The van der Waals surface area contributed by atoms with Crippen LogP contribution in [-0.2, 0) is 29.0 Å². The second-order valence-corrected chi connectivity index (χ2v) is 7.07. The Morgan fingerprint density at radius 1 is 1.24 bits per heavy atom. The summed E-state index contributed by atoms with van der Waals surface area (Å²) in [7, 11) is 0. The van der Waals surface area contributed by atoms with Crippen LogP contribution in [0.2, 0.25) is 0 Å². The number of likely N-dealkylation sites (tertiary alicyclic amines) is 1. The van der Waals surface area contributed by atoms with Crippen molar-refractivity contribution in [2.24, 2.45) is 5.92 Å². The van der Waals surface area contributed by atoms with Gasteiger partial charge < -0.3 is 10.4 Å². The number of amides is 1. The summed E-state index contributed by atoms with van der Waals surface area (Å²) in [5.74, 6) is -1.58. The predicted octanol–water partition coefficient (Wildman–Crippen LogP) is 2.12. The van der Waals surface area contributed by atoms with Gasteiger partial charge in [0.25, 0.3) is 0 Å². The maximum atomic E-state index is 14.6. The van der Waals surface area contributed by atoms with Gasteiger partial charge in [-0.15, -0.1) is 0 Å². The van der Waals surface area contributed by atoms with E-state index in [2.05, 4.69) is 5.32 Å². The first-order valence-electron chi connectivity index (χ1n) is 9.05. The molecule has 1 unspecified atom stereocenters. The fourth-order valence-corrected chi connectivity index (χ4v) is 3.82. The van der Waals surface area contributed by atoms with Gasteiger partial charge in [-0.2, -0.15) is 0 Å². The van der Waals surface area contributed by atoms with E-state index in [1.54, 1.807) is 6.07 Å². The highest BCUT2D eigenvalue weighted by Crippen LogP contribution is 2.26. The first-order valence-corrected chi connectivity index (χ1v) is 9.05. The lowest BCUT2D eigenvalue weighted by molar-refractivity contribution is -0.144.